The number of nitrogens with one attached hydrogen (secondary N) is 1. The number of halogens is 1. The highest BCUT2D eigenvalue weighted by atomic mass is 19.1. The molecule has 0 aliphatic carbocycles. The molecule has 3 aromatic rings. The number of piperazine rings is 1. The molecule has 0 atom stereocenters. The summed E-state index contributed by atoms with van der Waals surface area (Å²) in [7, 11) is 0. The highest BCUT2D eigenvalue weighted by Gasteiger charge is 2.23. The summed E-state index contributed by atoms with van der Waals surface area (Å²) in [6.07, 6.45) is 0.366. The van der Waals surface area contributed by atoms with Gasteiger partial charge >= 0.3 is 0 Å². The summed E-state index contributed by atoms with van der Waals surface area (Å²) in [6, 6.07) is 13.9. The third kappa shape index (κ3) is 5.36. The van der Waals surface area contributed by atoms with E-state index in [1.165, 1.54) is 6.07 Å². The van der Waals surface area contributed by atoms with Crippen molar-refractivity contribution in [3.63, 3.8) is 0 Å². The number of aryl methyl sites for hydroxylation is 1. The van der Waals surface area contributed by atoms with E-state index in [0.717, 1.165) is 0 Å². The Balaban J connectivity index is 1.33. The summed E-state index contributed by atoms with van der Waals surface area (Å²) in [4.78, 5) is 31.6. The molecule has 33 heavy (non-hydrogen) atoms. The summed E-state index contributed by atoms with van der Waals surface area (Å²) in [5, 5.41) is 8.18. The molecule has 1 saturated heterocycles. The van der Waals surface area contributed by atoms with Gasteiger partial charge in [-0.3, -0.25) is 9.59 Å². The molecule has 172 valence electrons. The minimum Gasteiger partial charge on any atom is -0.494 e. The lowest BCUT2D eigenvalue weighted by Crippen LogP contribution is -2.49. The van der Waals surface area contributed by atoms with Crippen molar-refractivity contribution in [2.75, 3.05) is 37.7 Å². The fourth-order valence-corrected chi connectivity index (χ4v) is 3.84. The van der Waals surface area contributed by atoms with Crippen molar-refractivity contribution >= 4 is 11.6 Å². The zero-order chi connectivity index (χ0) is 23.2. The number of anilines is 1. The van der Waals surface area contributed by atoms with Gasteiger partial charge in [-0.1, -0.05) is 24.3 Å². The number of aromatic nitrogens is 3. The number of carbonyl (C=O) groups is 1. The van der Waals surface area contributed by atoms with Gasteiger partial charge in [0.25, 0.3) is 5.56 Å². The number of nitrogens with zero attached hydrogens (tertiary/aromatic N) is 4. The van der Waals surface area contributed by atoms with Crippen LogP contribution in [0, 0.1) is 5.82 Å². The third-order valence-corrected chi connectivity index (χ3v) is 5.58. The number of H-pyrrole nitrogens is 1. The molecule has 1 amide bonds. The lowest BCUT2D eigenvalue weighted by atomic mass is 10.2. The molecule has 1 fully saturated rings. The first-order valence-electron chi connectivity index (χ1n) is 11.0. The van der Waals surface area contributed by atoms with E-state index >= 15 is 0 Å². The Bertz CT molecular complexity index is 1170. The Kier molecular flexibility index (Phi) is 6.97. The first-order valence-corrected chi connectivity index (χ1v) is 11.0. The molecule has 2 aromatic carbocycles. The van der Waals surface area contributed by atoms with Crippen LogP contribution in [-0.2, 0) is 11.2 Å². The molecular weight excluding hydrogens is 425 g/mol. The molecule has 1 N–H and O–H groups in total. The Hall–Kier alpha value is -3.75. The molecule has 1 aromatic heterocycles. The van der Waals surface area contributed by atoms with Gasteiger partial charge in [0.2, 0.25) is 5.91 Å². The number of hydrogen-bond acceptors (Lipinski definition) is 6. The van der Waals surface area contributed by atoms with Crippen LogP contribution in [0.5, 0.6) is 5.75 Å². The van der Waals surface area contributed by atoms with Crippen LogP contribution in [0.25, 0.3) is 11.4 Å². The predicted molar refractivity (Wildman–Crippen MR) is 123 cm³/mol. The van der Waals surface area contributed by atoms with Crippen LogP contribution >= 0.6 is 0 Å². The summed E-state index contributed by atoms with van der Waals surface area (Å²) in [5.74, 6) is 0.712. The molecule has 8 nitrogen and oxygen atoms in total. The zero-order valence-corrected chi connectivity index (χ0v) is 18.5. The van der Waals surface area contributed by atoms with Crippen LogP contribution in [0.15, 0.2) is 53.3 Å². The standard InChI is InChI=1S/C24H26FN5O3/c1-2-33-18-7-5-6-17(16-18)23-26-24(32)20(27-28-23)10-11-22(31)30-14-12-29(13-15-30)21-9-4-3-8-19(21)25/h3-9,16H,2,10-15H2,1H3,(H,26,28,32). The van der Waals surface area contributed by atoms with E-state index in [2.05, 4.69) is 15.2 Å². The number of amides is 1. The first kappa shape index (κ1) is 22.4. The van der Waals surface area contributed by atoms with Crippen LogP contribution < -0.4 is 15.2 Å². The van der Waals surface area contributed by atoms with Crippen molar-refractivity contribution in [2.45, 2.75) is 19.8 Å². The fourth-order valence-electron chi connectivity index (χ4n) is 3.84. The molecule has 0 unspecified atom stereocenters. The number of hydrogen-bond donors (Lipinski definition) is 1. The van der Waals surface area contributed by atoms with Crippen LogP contribution in [0.4, 0.5) is 10.1 Å². The van der Waals surface area contributed by atoms with Gasteiger partial charge in [0.05, 0.1) is 12.3 Å². The number of aromatic amines is 1. The van der Waals surface area contributed by atoms with E-state index in [1.807, 2.05) is 30.0 Å². The number of ether oxygens (including phenoxy) is 1. The smallest absolute Gasteiger partial charge is 0.273 e. The van der Waals surface area contributed by atoms with Gasteiger partial charge in [-0.2, -0.15) is 0 Å². The maximum Gasteiger partial charge on any atom is 0.273 e. The van der Waals surface area contributed by atoms with E-state index in [-0.39, 0.29) is 35.8 Å². The number of para-hydroxylation sites is 1. The lowest BCUT2D eigenvalue weighted by molar-refractivity contribution is -0.131. The Morgan fingerprint density at radius 2 is 1.88 bits per heavy atom. The van der Waals surface area contributed by atoms with Gasteiger partial charge in [-0.15, -0.1) is 10.2 Å². The zero-order valence-electron chi connectivity index (χ0n) is 18.5. The molecule has 0 spiro atoms. The molecule has 2 heterocycles. The first-order chi connectivity index (χ1) is 16.0. The van der Waals surface area contributed by atoms with Crippen molar-refractivity contribution in [1.82, 2.24) is 20.1 Å². The summed E-state index contributed by atoms with van der Waals surface area (Å²) < 4.78 is 19.5. The van der Waals surface area contributed by atoms with Crippen LogP contribution in [0.3, 0.4) is 0 Å². The average molecular weight is 452 g/mol. The number of carbonyl (C=O) groups excluding carboxylic acids is 1. The normalized spacial score (nSPS) is 13.8. The Morgan fingerprint density at radius 1 is 1.09 bits per heavy atom. The minimum absolute atomic E-state index is 0.0575. The topological polar surface area (TPSA) is 91.4 Å². The highest BCUT2D eigenvalue weighted by Crippen LogP contribution is 2.21. The molecule has 0 radical (unpaired) electrons. The summed E-state index contributed by atoms with van der Waals surface area (Å²) in [6.45, 7) is 4.56. The Morgan fingerprint density at radius 3 is 2.61 bits per heavy atom. The second-order valence-corrected chi connectivity index (χ2v) is 7.73. The second-order valence-electron chi connectivity index (χ2n) is 7.73. The van der Waals surface area contributed by atoms with Gasteiger partial charge in [-0.25, -0.2) is 4.39 Å². The SMILES string of the molecule is CCOc1cccc(-c2nnc(CCC(=O)N3CCN(c4ccccc4F)CC3)c(=O)[nH]2)c1. The Labute approximate surface area is 191 Å². The summed E-state index contributed by atoms with van der Waals surface area (Å²) >= 11 is 0. The van der Waals surface area contributed by atoms with Crippen molar-refractivity contribution in [3.05, 3.63) is 70.4 Å². The van der Waals surface area contributed by atoms with E-state index in [1.54, 1.807) is 29.2 Å². The van der Waals surface area contributed by atoms with Crippen LogP contribution in [0.1, 0.15) is 19.0 Å². The fraction of sp³-hybridized carbons (Fsp3) is 0.333. The van der Waals surface area contributed by atoms with Crippen molar-refractivity contribution in [1.29, 1.82) is 0 Å². The molecule has 1 aliphatic heterocycles. The van der Waals surface area contributed by atoms with E-state index in [9.17, 15) is 14.0 Å². The van der Waals surface area contributed by atoms with Crippen molar-refractivity contribution < 1.29 is 13.9 Å². The maximum atomic E-state index is 14.0. The predicted octanol–water partition coefficient (Wildman–Crippen LogP) is 2.65. The van der Waals surface area contributed by atoms with Gasteiger partial charge in [-0.05, 0) is 31.2 Å². The van der Waals surface area contributed by atoms with Crippen LogP contribution in [0.2, 0.25) is 0 Å². The van der Waals surface area contributed by atoms with E-state index in [4.69, 9.17) is 4.74 Å². The third-order valence-electron chi connectivity index (χ3n) is 5.58. The molecule has 4 rings (SSSR count). The second kappa shape index (κ2) is 10.2. The quantitative estimate of drug-likeness (QED) is 0.594. The monoisotopic (exact) mass is 451 g/mol. The maximum absolute atomic E-state index is 14.0. The molecule has 0 saturated carbocycles. The molecule has 9 heteroatoms. The molecular formula is C24H26FN5O3. The molecule has 0 bridgehead atoms. The van der Waals surface area contributed by atoms with Crippen molar-refractivity contribution in [3.8, 4) is 17.1 Å². The summed E-state index contributed by atoms with van der Waals surface area (Å²) in [5.41, 5.74) is 1.11. The number of rotatable bonds is 7. The van der Waals surface area contributed by atoms with Gasteiger partial charge in [0.1, 0.15) is 17.3 Å². The van der Waals surface area contributed by atoms with Gasteiger partial charge in [0.15, 0.2) is 5.82 Å². The van der Waals surface area contributed by atoms with Crippen molar-refractivity contribution in [2.24, 2.45) is 0 Å². The highest BCUT2D eigenvalue weighted by molar-refractivity contribution is 5.76. The largest absolute Gasteiger partial charge is 0.494 e. The minimum atomic E-state index is -0.362. The van der Waals surface area contributed by atoms with Gasteiger partial charge in [0, 0.05) is 44.6 Å². The average Bonchev–Trinajstić information content (AvgIpc) is 2.84. The van der Waals surface area contributed by atoms with E-state index < -0.39 is 0 Å². The van der Waals surface area contributed by atoms with E-state index in [0.29, 0.717) is 55.6 Å². The van der Waals surface area contributed by atoms with Gasteiger partial charge < -0.3 is 19.5 Å². The number of benzene rings is 2. The molecule has 1 aliphatic rings. The lowest BCUT2D eigenvalue weighted by Gasteiger charge is -2.36. The van der Waals surface area contributed by atoms with Crippen LogP contribution in [-0.4, -0.2) is 58.8 Å².